The quantitative estimate of drug-likeness (QED) is 0.602. The molecule has 2 aromatic carbocycles. The van der Waals surface area contributed by atoms with Crippen molar-refractivity contribution in [2.24, 2.45) is 0 Å². The molecule has 0 aliphatic rings. The molecule has 0 saturated heterocycles. The van der Waals surface area contributed by atoms with Gasteiger partial charge in [-0.2, -0.15) is 0 Å². The number of hydrogen-bond acceptors (Lipinski definition) is 2. The van der Waals surface area contributed by atoms with Crippen molar-refractivity contribution in [2.45, 2.75) is 16.7 Å². The summed E-state index contributed by atoms with van der Waals surface area (Å²) in [7, 11) is 0. The molecule has 0 aliphatic heterocycles. The summed E-state index contributed by atoms with van der Waals surface area (Å²) < 4.78 is 0. The molecule has 0 nitrogen and oxygen atoms in total. The van der Waals surface area contributed by atoms with Crippen LogP contribution in [0.4, 0.5) is 0 Å². The third-order valence-electron chi connectivity index (χ3n) is 2.34. The van der Waals surface area contributed by atoms with Crippen LogP contribution in [0.25, 0.3) is 11.1 Å². The van der Waals surface area contributed by atoms with Crippen molar-refractivity contribution in [3.05, 3.63) is 48.5 Å². The molecule has 2 aromatic rings. The standard InChI is InChI=1S/C14H14S2/c1-2-16-14-8-6-11(7-9-14)12-4-3-5-13(15)10-12/h3-10,15H,2H2,1H3. The lowest BCUT2D eigenvalue weighted by Crippen LogP contribution is -1.78. The number of benzene rings is 2. The average molecular weight is 246 g/mol. The monoisotopic (exact) mass is 246 g/mol. The van der Waals surface area contributed by atoms with Crippen LogP contribution in [-0.2, 0) is 0 Å². The third-order valence-corrected chi connectivity index (χ3v) is 3.52. The zero-order valence-electron chi connectivity index (χ0n) is 9.18. The Labute approximate surface area is 106 Å². The van der Waals surface area contributed by atoms with Crippen LogP contribution in [0.2, 0.25) is 0 Å². The summed E-state index contributed by atoms with van der Waals surface area (Å²) in [5, 5.41) is 0. The first-order valence-electron chi connectivity index (χ1n) is 5.32. The minimum Gasteiger partial charge on any atom is -0.143 e. The maximum atomic E-state index is 4.35. The first-order chi connectivity index (χ1) is 7.79. The lowest BCUT2D eigenvalue weighted by Gasteiger charge is -2.04. The van der Waals surface area contributed by atoms with Gasteiger partial charge < -0.3 is 0 Å². The summed E-state index contributed by atoms with van der Waals surface area (Å²) in [4.78, 5) is 2.33. The van der Waals surface area contributed by atoms with Gasteiger partial charge in [0.05, 0.1) is 0 Å². The molecule has 0 aromatic heterocycles. The van der Waals surface area contributed by atoms with Gasteiger partial charge in [0.25, 0.3) is 0 Å². The molecular formula is C14H14S2. The van der Waals surface area contributed by atoms with Crippen LogP contribution in [-0.4, -0.2) is 5.75 Å². The van der Waals surface area contributed by atoms with Gasteiger partial charge in [-0.25, -0.2) is 0 Å². The molecule has 0 aliphatic carbocycles. The Morgan fingerprint density at radius 3 is 2.38 bits per heavy atom. The maximum Gasteiger partial charge on any atom is 0.00722 e. The predicted octanol–water partition coefficient (Wildman–Crippen LogP) is 4.75. The summed E-state index contributed by atoms with van der Waals surface area (Å²) in [6.07, 6.45) is 0. The van der Waals surface area contributed by atoms with Gasteiger partial charge in [-0.05, 0) is 41.1 Å². The Kier molecular flexibility index (Phi) is 3.97. The SMILES string of the molecule is CCSc1ccc(-c2cccc(S)c2)cc1. The maximum absolute atomic E-state index is 4.35. The summed E-state index contributed by atoms with van der Waals surface area (Å²) in [5.41, 5.74) is 2.47. The van der Waals surface area contributed by atoms with Crippen LogP contribution in [0.3, 0.4) is 0 Å². The molecule has 16 heavy (non-hydrogen) atoms. The Morgan fingerprint density at radius 2 is 1.75 bits per heavy atom. The topological polar surface area (TPSA) is 0 Å². The van der Waals surface area contributed by atoms with Crippen LogP contribution in [0.5, 0.6) is 0 Å². The number of thiol groups is 1. The fourth-order valence-corrected chi connectivity index (χ4v) is 2.48. The fraction of sp³-hybridized carbons (Fsp3) is 0.143. The van der Waals surface area contributed by atoms with E-state index in [9.17, 15) is 0 Å². The van der Waals surface area contributed by atoms with E-state index >= 15 is 0 Å². The lowest BCUT2D eigenvalue weighted by atomic mass is 10.1. The van der Waals surface area contributed by atoms with Crippen LogP contribution in [0.15, 0.2) is 58.3 Å². The molecule has 0 amide bonds. The molecule has 0 spiro atoms. The zero-order valence-corrected chi connectivity index (χ0v) is 10.9. The van der Waals surface area contributed by atoms with Crippen molar-refractivity contribution in [1.29, 1.82) is 0 Å². The molecule has 2 rings (SSSR count). The highest BCUT2D eigenvalue weighted by Gasteiger charge is 1.98. The predicted molar refractivity (Wildman–Crippen MR) is 75.5 cm³/mol. The Balaban J connectivity index is 2.27. The highest BCUT2D eigenvalue weighted by atomic mass is 32.2. The average Bonchev–Trinajstić information content (AvgIpc) is 2.30. The lowest BCUT2D eigenvalue weighted by molar-refractivity contribution is 1.41. The van der Waals surface area contributed by atoms with Crippen molar-refractivity contribution < 1.29 is 0 Å². The molecule has 82 valence electrons. The third kappa shape index (κ3) is 2.83. The number of hydrogen-bond donors (Lipinski definition) is 1. The Bertz CT molecular complexity index is 460. The van der Waals surface area contributed by atoms with E-state index in [0.29, 0.717) is 0 Å². The highest BCUT2D eigenvalue weighted by molar-refractivity contribution is 7.99. The van der Waals surface area contributed by atoms with E-state index in [-0.39, 0.29) is 0 Å². The molecule has 0 bridgehead atoms. The molecule has 0 heterocycles. The van der Waals surface area contributed by atoms with Crippen LogP contribution < -0.4 is 0 Å². The summed E-state index contributed by atoms with van der Waals surface area (Å²) in [5.74, 6) is 1.12. The van der Waals surface area contributed by atoms with Gasteiger partial charge in [0.15, 0.2) is 0 Å². The zero-order chi connectivity index (χ0) is 11.4. The fourth-order valence-electron chi connectivity index (χ4n) is 1.60. The van der Waals surface area contributed by atoms with E-state index in [2.05, 4.69) is 56.0 Å². The summed E-state index contributed by atoms with van der Waals surface area (Å²) in [6.45, 7) is 2.17. The number of thioether (sulfide) groups is 1. The van der Waals surface area contributed by atoms with Crippen molar-refractivity contribution in [2.75, 3.05) is 5.75 Å². The normalized spacial score (nSPS) is 10.4. The molecule has 0 atom stereocenters. The van der Waals surface area contributed by atoms with E-state index in [0.717, 1.165) is 10.6 Å². The van der Waals surface area contributed by atoms with Crippen molar-refractivity contribution in [3.63, 3.8) is 0 Å². The van der Waals surface area contributed by atoms with E-state index in [1.807, 2.05) is 23.9 Å². The first-order valence-corrected chi connectivity index (χ1v) is 6.75. The molecule has 0 saturated carbocycles. The molecule has 0 radical (unpaired) electrons. The van der Waals surface area contributed by atoms with Crippen LogP contribution in [0.1, 0.15) is 6.92 Å². The van der Waals surface area contributed by atoms with E-state index in [1.165, 1.54) is 16.0 Å². The second kappa shape index (κ2) is 5.46. The molecule has 2 heteroatoms. The van der Waals surface area contributed by atoms with Crippen LogP contribution >= 0.6 is 24.4 Å². The van der Waals surface area contributed by atoms with Crippen LogP contribution in [0, 0.1) is 0 Å². The second-order valence-electron chi connectivity index (χ2n) is 3.51. The first kappa shape index (κ1) is 11.6. The van der Waals surface area contributed by atoms with Crippen molar-refractivity contribution >= 4 is 24.4 Å². The van der Waals surface area contributed by atoms with Gasteiger partial charge in [-0.15, -0.1) is 24.4 Å². The minimum absolute atomic E-state index is 1.00. The summed E-state index contributed by atoms with van der Waals surface area (Å²) in [6, 6.07) is 16.9. The van der Waals surface area contributed by atoms with Crippen molar-refractivity contribution in [1.82, 2.24) is 0 Å². The number of rotatable bonds is 3. The van der Waals surface area contributed by atoms with Gasteiger partial charge in [-0.1, -0.05) is 31.2 Å². The Hall–Kier alpha value is -0.860. The largest absolute Gasteiger partial charge is 0.143 e. The van der Waals surface area contributed by atoms with Gasteiger partial charge in [0, 0.05) is 9.79 Å². The molecule has 0 N–H and O–H groups in total. The van der Waals surface area contributed by atoms with Crippen molar-refractivity contribution in [3.8, 4) is 11.1 Å². The highest BCUT2D eigenvalue weighted by Crippen LogP contribution is 2.25. The van der Waals surface area contributed by atoms with Gasteiger partial charge >= 0.3 is 0 Å². The summed E-state index contributed by atoms with van der Waals surface area (Å²) >= 11 is 6.22. The molecule has 0 fully saturated rings. The van der Waals surface area contributed by atoms with Gasteiger partial charge in [-0.3, -0.25) is 0 Å². The molecule has 0 unspecified atom stereocenters. The van der Waals surface area contributed by atoms with E-state index < -0.39 is 0 Å². The minimum atomic E-state index is 1.00. The van der Waals surface area contributed by atoms with Gasteiger partial charge in [0.2, 0.25) is 0 Å². The smallest absolute Gasteiger partial charge is 0.00722 e. The van der Waals surface area contributed by atoms with Gasteiger partial charge in [0.1, 0.15) is 0 Å². The molecular weight excluding hydrogens is 232 g/mol. The van der Waals surface area contributed by atoms with E-state index in [4.69, 9.17) is 0 Å². The van der Waals surface area contributed by atoms with E-state index in [1.54, 1.807) is 0 Å². The Morgan fingerprint density at radius 1 is 1.00 bits per heavy atom. The second-order valence-corrected chi connectivity index (χ2v) is 5.36.